The van der Waals surface area contributed by atoms with Gasteiger partial charge < -0.3 is 4.57 Å². The van der Waals surface area contributed by atoms with E-state index in [-0.39, 0.29) is 12.2 Å². The molecule has 13 aromatic rings. The van der Waals surface area contributed by atoms with E-state index in [0.717, 1.165) is 12.1 Å². The fourth-order valence-corrected chi connectivity index (χ4v) is 13.0. The van der Waals surface area contributed by atoms with E-state index in [2.05, 4.69) is 204 Å². The van der Waals surface area contributed by atoms with Gasteiger partial charge in [0, 0.05) is 80.2 Å². The Hall–Kier alpha value is -7.15. The van der Waals surface area contributed by atoms with Crippen molar-refractivity contribution in [1.82, 2.24) is 9.88 Å². The number of para-hydroxylation sites is 1. The third-order valence-electron chi connectivity index (χ3n) is 13.5. The van der Waals surface area contributed by atoms with E-state index in [9.17, 15) is 0 Å². The van der Waals surface area contributed by atoms with Crippen LogP contribution in [0.3, 0.4) is 0 Å². The molecule has 5 heteroatoms. The molecule has 0 saturated carbocycles. The molecule has 3 aromatic heterocycles. The largest absolute Gasteiger partial charge is 0.308 e. The minimum Gasteiger partial charge on any atom is -0.308 e. The molecule has 0 bridgehead atoms. The highest BCUT2D eigenvalue weighted by Crippen LogP contribution is 2.50. The number of nitrogens with zero attached hydrogens (tertiary/aromatic N) is 2. The molecule has 0 amide bonds. The smallest absolute Gasteiger partial charge is 0.129 e. The summed E-state index contributed by atoms with van der Waals surface area (Å²) < 4.78 is 7.81. The maximum atomic E-state index is 5.90. The van der Waals surface area contributed by atoms with Crippen LogP contribution in [0.4, 0.5) is 0 Å². The van der Waals surface area contributed by atoms with Crippen molar-refractivity contribution in [2.24, 2.45) is 4.99 Å². The van der Waals surface area contributed by atoms with Gasteiger partial charge in [-0.2, -0.15) is 0 Å². The van der Waals surface area contributed by atoms with Crippen LogP contribution in [0, 0.1) is 0 Å². The molecule has 296 valence electrons. The first-order chi connectivity index (χ1) is 31.2. The third kappa shape index (κ3) is 5.37. The van der Waals surface area contributed by atoms with Crippen LogP contribution in [0.15, 0.2) is 199 Å². The molecule has 4 heterocycles. The van der Waals surface area contributed by atoms with E-state index in [1.165, 1.54) is 117 Å². The summed E-state index contributed by atoms with van der Waals surface area (Å²) in [5, 5.41) is 19.4. The molecule has 0 saturated heterocycles. The zero-order valence-electron chi connectivity index (χ0n) is 34.0. The zero-order valence-corrected chi connectivity index (χ0v) is 35.7. The number of aliphatic imine (C=N–C) groups is 1. The highest BCUT2D eigenvalue weighted by molar-refractivity contribution is 7.27. The highest BCUT2D eigenvalue weighted by Gasteiger charge is 2.33. The van der Waals surface area contributed by atoms with Gasteiger partial charge in [-0.1, -0.05) is 152 Å². The number of hydrogen-bond acceptors (Lipinski definition) is 4. The quantitative estimate of drug-likeness (QED) is 0.188. The average Bonchev–Trinajstić information content (AvgIpc) is 4.02. The Morgan fingerprint density at radius 1 is 0.460 bits per heavy atom. The lowest BCUT2D eigenvalue weighted by Crippen LogP contribution is -2.33. The van der Waals surface area contributed by atoms with Crippen LogP contribution in [0.25, 0.3) is 100 Å². The standard InChI is InChI=1S/C58H37N3S2/c1-2-14-35-29-38(26-25-34(35)13-1)47-33-48(39-27-28-42-41-18-8-11-23-51(41)62-53(42)32-39)60-58(59-47)55-43-19-5-6-20-44(43)57-54(45-21-9-12-24-52(45)63-57)56(55)61-49-22-10-7-17-40(49)46-30-36-15-3-4-16-37(36)31-50(46)61/h1-32,48,58,60H,33H2. The molecule has 2 unspecified atom stereocenters. The maximum absolute atomic E-state index is 5.90. The van der Waals surface area contributed by atoms with Crippen molar-refractivity contribution >= 4 is 123 Å². The SMILES string of the molecule is c1ccc2cc(C3=NC(c4c(-n5c6ccccc6c6cc7ccccc7cc65)c5c6ccccc6sc5c5ccccc45)NC(c4ccc5c(c4)sc4ccccc45)C3)ccc2c1. The second kappa shape index (κ2) is 13.7. The van der Waals surface area contributed by atoms with Crippen LogP contribution in [0.5, 0.6) is 0 Å². The van der Waals surface area contributed by atoms with Gasteiger partial charge in [0.1, 0.15) is 6.17 Å². The molecular formula is C58H37N3S2. The van der Waals surface area contributed by atoms with Crippen LogP contribution in [0.1, 0.15) is 35.3 Å². The Labute approximate surface area is 370 Å². The summed E-state index contributed by atoms with van der Waals surface area (Å²) >= 11 is 3.79. The molecule has 3 nitrogen and oxygen atoms in total. The predicted molar refractivity (Wildman–Crippen MR) is 272 cm³/mol. The zero-order chi connectivity index (χ0) is 41.2. The Balaban J connectivity index is 1.10. The summed E-state index contributed by atoms with van der Waals surface area (Å²) in [6, 6.07) is 72.1. The summed E-state index contributed by atoms with van der Waals surface area (Å²) in [5.74, 6) is 0. The number of hydrogen-bond donors (Lipinski definition) is 1. The Morgan fingerprint density at radius 2 is 1.10 bits per heavy atom. The van der Waals surface area contributed by atoms with Gasteiger partial charge in [-0.3, -0.25) is 10.3 Å². The van der Waals surface area contributed by atoms with Gasteiger partial charge in [0.15, 0.2) is 0 Å². The fraction of sp³-hybridized carbons (Fsp3) is 0.0517. The minimum absolute atomic E-state index is 0.00667. The summed E-state index contributed by atoms with van der Waals surface area (Å²) in [4.78, 5) is 5.90. The molecule has 10 aromatic carbocycles. The van der Waals surface area contributed by atoms with Crippen LogP contribution in [-0.4, -0.2) is 10.3 Å². The number of thiophene rings is 2. The van der Waals surface area contributed by atoms with Crippen LogP contribution >= 0.6 is 22.7 Å². The first kappa shape index (κ1) is 35.4. The number of aromatic nitrogens is 1. The van der Waals surface area contributed by atoms with Crippen molar-refractivity contribution in [3.63, 3.8) is 0 Å². The summed E-state index contributed by atoms with van der Waals surface area (Å²) in [7, 11) is 0. The van der Waals surface area contributed by atoms with E-state index in [0.29, 0.717) is 0 Å². The van der Waals surface area contributed by atoms with E-state index < -0.39 is 0 Å². The average molecular weight is 840 g/mol. The molecule has 1 aliphatic rings. The van der Waals surface area contributed by atoms with Crippen molar-refractivity contribution in [3.05, 3.63) is 211 Å². The summed E-state index contributed by atoms with van der Waals surface area (Å²) in [6.45, 7) is 0. The van der Waals surface area contributed by atoms with Crippen LogP contribution in [-0.2, 0) is 0 Å². The lowest BCUT2D eigenvalue weighted by atomic mass is 9.90. The molecule has 1 N–H and O–H groups in total. The van der Waals surface area contributed by atoms with Gasteiger partial charge in [0.25, 0.3) is 0 Å². The fourth-order valence-electron chi connectivity index (χ4n) is 10.6. The predicted octanol–water partition coefficient (Wildman–Crippen LogP) is 16.2. The van der Waals surface area contributed by atoms with Gasteiger partial charge in [0.05, 0.1) is 16.7 Å². The minimum atomic E-state index is -0.372. The van der Waals surface area contributed by atoms with E-state index in [4.69, 9.17) is 4.99 Å². The Bertz CT molecular complexity index is 4070. The van der Waals surface area contributed by atoms with Crippen molar-refractivity contribution in [2.45, 2.75) is 18.6 Å². The van der Waals surface area contributed by atoms with E-state index >= 15 is 0 Å². The van der Waals surface area contributed by atoms with Gasteiger partial charge in [-0.25, -0.2) is 0 Å². The van der Waals surface area contributed by atoms with Crippen molar-refractivity contribution < 1.29 is 0 Å². The number of fused-ring (bicyclic) bond motifs is 13. The number of rotatable bonds is 4. The summed E-state index contributed by atoms with van der Waals surface area (Å²) in [5.41, 5.74) is 8.35. The van der Waals surface area contributed by atoms with E-state index in [1.54, 1.807) is 0 Å². The Kier molecular flexibility index (Phi) is 7.69. The van der Waals surface area contributed by atoms with Crippen molar-refractivity contribution in [2.75, 3.05) is 0 Å². The lowest BCUT2D eigenvalue weighted by Gasteiger charge is -2.33. The lowest BCUT2D eigenvalue weighted by molar-refractivity contribution is 0.444. The molecule has 0 aliphatic carbocycles. The van der Waals surface area contributed by atoms with Gasteiger partial charge in [-0.15, -0.1) is 22.7 Å². The summed E-state index contributed by atoms with van der Waals surface area (Å²) in [6.07, 6.45) is 0.395. The molecule has 1 aliphatic heterocycles. The topological polar surface area (TPSA) is 29.3 Å². The first-order valence-electron chi connectivity index (χ1n) is 21.7. The Morgan fingerprint density at radius 3 is 1.92 bits per heavy atom. The molecule has 2 atom stereocenters. The van der Waals surface area contributed by atoms with Crippen molar-refractivity contribution in [3.8, 4) is 5.69 Å². The van der Waals surface area contributed by atoms with Gasteiger partial charge in [-0.05, 0) is 80.5 Å². The molecule has 63 heavy (non-hydrogen) atoms. The molecule has 14 rings (SSSR count). The third-order valence-corrected chi connectivity index (χ3v) is 15.9. The number of benzene rings is 10. The van der Waals surface area contributed by atoms with Crippen LogP contribution < -0.4 is 5.32 Å². The second-order valence-electron chi connectivity index (χ2n) is 17.0. The molecule has 0 spiro atoms. The highest BCUT2D eigenvalue weighted by atomic mass is 32.1. The first-order valence-corrected chi connectivity index (χ1v) is 23.4. The second-order valence-corrected chi connectivity index (χ2v) is 19.1. The molecule has 0 fully saturated rings. The van der Waals surface area contributed by atoms with Crippen molar-refractivity contribution in [1.29, 1.82) is 0 Å². The maximum Gasteiger partial charge on any atom is 0.129 e. The van der Waals surface area contributed by atoms with Gasteiger partial charge >= 0.3 is 0 Å². The molecule has 0 radical (unpaired) electrons. The van der Waals surface area contributed by atoms with Gasteiger partial charge in [0.2, 0.25) is 0 Å². The monoisotopic (exact) mass is 839 g/mol. The van der Waals surface area contributed by atoms with E-state index in [1.807, 2.05) is 22.7 Å². The van der Waals surface area contributed by atoms with Crippen LogP contribution in [0.2, 0.25) is 0 Å². The molecular weight excluding hydrogens is 803 g/mol. The number of nitrogens with one attached hydrogen (secondary N) is 1. The normalized spacial score (nSPS) is 15.9.